The van der Waals surface area contributed by atoms with Gasteiger partial charge in [-0.3, -0.25) is 0 Å². The SMILES string of the molecule is CNCC1(c2cc(C)ccc2C)COC1. The van der Waals surface area contributed by atoms with Gasteiger partial charge in [-0.05, 0) is 32.0 Å². The van der Waals surface area contributed by atoms with Crippen LogP contribution in [-0.4, -0.2) is 26.8 Å². The van der Waals surface area contributed by atoms with Gasteiger partial charge in [0.2, 0.25) is 0 Å². The molecule has 0 radical (unpaired) electrons. The summed E-state index contributed by atoms with van der Waals surface area (Å²) >= 11 is 0. The Hall–Kier alpha value is -0.860. The van der Waals surface area contributed by atoms with Crippen molar-refractivity contribution in [2.24, 2.45) is 0 Å². The van der Waals surface area contributed by atoms with E-state index in [-0.39, 0.29) is 5.41 Å². The first-order valence-electron chi connectivity index (χ1n) is 5.48. The lowest BCUT2D eigenvalue weighted by atomic mass is 9.76. The first kappa shape index (κ1) is 10.7. The van der Waals surface area contributed by atoms with Crippen molar-refractivity contribution in [3.8, 4) is 0 Å². The van der Waals surface area contributed by atoms with Gasteiger partial charge in [0.15, 0.2) is 0 Å². The molecule has 82 valence electrons. The van der Waals surface area contributed by atoms with Crippen LogP contribution in [0.3, 0.4) is 0 Å². The Balaban J connectivity index is 2.37. The van der Waals surface area contributed by atoms with Crippen LogP contribution in [0.1, 0.15) is 16.7 Å². The third-order valence-electron chi connectivity index (χ3n) is 3.24. The minimum atomic E-state index is 0.213. The van der Waals surface area contributed by atoms with E-state index in [4.69, 9.17) is 4.74 Å². The number of nitrogens with one attached hydrogen (secondary N) is 1. The molecule has 1 aromatic rings. The van der Waals surface area contributed by atoms with Gasteiger partial charge >= 0.3 is 0 Å². The van der Waals surface area contributed by atoms with Crippen molar-refractivity contribution in [2.75, 3.05) is 26.8 Å². The van der Waals surface area contributed by atoms with Crippen molar-refractivity contribution in [3.05, 3.63) is 34.9 Å². The molecule has 0 atom stereocenters. The third kappa shape index (κ3) is 1.80. The molecule has 1 N–H and O–H groups in total. The molecular formula is C13H19NO. The number of rotatable bonds is 3. The lowest BCUT2D eigenvalue weighted by Crippen LogP contribution is -2.53. The maximum absolute atomic E-state index is 5.40. The molecule has 0 saturated carbocycles. The number of hydrogen-bond acceptors (Lipinski definition) is 2. The molecule has 1 saturated heterocycles. The summed E-state index contributed by atoms with van der Waals surface area (Å²) < 4.78 is 5.40. The topological polar surface area (TPSA) is 21.3 Å². The molecule has 2 rings (SSSR count). The monoisotopic (exact) mass is 205 g/mol. The van der Waals surface area contributed by atoms with Crippen LogP contribution >= 0.6 is 0 Å². The van der Waals surface area contributed by atoms with Gasteiger partial charge in [0, 0.05) is 6.54 Å². The quantitative estimate of drug-likeness (QED) is 0.812. The summed E-state index contributed by atoms with van der Waals surface area (Å²) in [5.41, 5.74) is 4.37. The highest BCUT2D eigenvalue weighted by Gasteiger charge is 2.40. The minimum Gasteiger partial charge on any atom is -0.379 e. The highest BCUT2D eigenvalue weighted by Crippen LogP contribution is 2.34. The van der Waals surface area contributed by atoms with Crippen molar-refractivity contribution in [1.82, 2.24) is 5.32 Å². The van der Waals surface area contributed by atoms with E-state index in [9.17, 15) is 0 Å². The van der Waals surface area contributed by atoms with E-state index >= 15 is 0 Å². The van der Waals surface area contributed by atoms with Crippen LogP contribution in [0.2, 0.25) is 0 Å². The van der Waals surface area contributed by atoms with Crippen molar-refractivity contribution in [3.63, 3.8) is 0 Å². The maximum Gasteiger partial charge on any atom is 0.0598 e. The van der Waals surface area contributed by atoms with E-state index in [0.717, 1.165) is 19.8 Å². The summed E-state index contributed by atoms with van der Waals surface area (Å²) in [6, 6.07) is 6.68. The molecule has 1 aliphatic heterocycles. The highest BCUT2D eigenvalue weighted by molar-refractivity contribution is 5.38. The van der Waals surface area contributed by atoms with Gasteiger partial charge in [-0.25, -0.2) is 0 Å². The van der Waals surface area contributed by atoms with Gasteiger partial charge in [0.05, 0.1) is 18.6 Å². The summed E-state index contributed by atoms with van der Waals surface area (Å²) in [4.78, 5) is 0. The predicted octanol–water partition coefficient (Wildman–Crippen LogP) is 1.79. The number of likely N-dealkylation sites (N-methyl/N-ethyl adjacent to an activating group) is 1. The van der Waals surface area contributed by atoms with Crippen molar-refractivity contribution in [2.45, 2.75) is 19.3 Å². The normalized spacial score (nSPS) is 18.6. The zero-order valence-electron chi connectivity index (χ0n) is 9.76. The van der Waals surface area contributed by atoms with Crippen molar-refractivity contribution in [1.29, 1.82) is 0 Å². The Morgan fingerprint density at radius 3 is 2.60 bits per heavy atom. The molecule has 1 aromatic carbocycles. The number of ether oxygens (including phenoxy) is 1. The van der Waals surface area contributed by atoms with Gasteiger partial charge in [-0.2, -0.15) is 0 Å². The molecular weight excluding hydrogens is 186 g/mol. The fourth-order valence-corrected chi connectivity index (χ4v) is 2.35. The molecule has 0 aliphatic carbocycles. The van der Waals surface area contributed by atoms with Crippen LogP contribution in [0.25, 0.3) is 0 Å². The van der Waals surface area contributed by atoms with Crippen LogP contribution in [0, 0.1) is 13.8 Å². The van der Waals surface area contributed by atoms with E-state index in [1.807, 2.05) is 7.05 Å². The molecule has 0 spiro atoms. The summed E-state index contributed by atoms with van der Waals surface area (Å²) in [7, 11) is 2.01. The summed E-state index contributed by atoms with van der Waals surface area (Å²) in [5.74, 6) is 0. The van der Waals surface area contributed by atoms with Gasteiger partial charge in [0.1, 0.15) is 0 Å². The van der Waals surface area contributed by atoms with E-state index in [2.05, 4.69) is 37.4 Å². The zero-order valence-corrected chi connectivity index (χ0v) is 9.76. The Morgan fingerprint density at radius 1 is 1.33 bits per heavy atom. The summed E-state index contributed by atoms with van der Waals surface area (Å²) in [6.45, 7) is 7.02. The van der Waals surface area contributed by atoms with Crippen LogP contribution in [0.15, 0.2) is 18.2 Å². The Bertz CT molecular complexity index is 356. The number of hydrogen-bond donors (Lipinski definition) is 1. The molecule has 2 heteroatoms. The molecule has 15 heavy (non-hydrogen) atoms. The second-order valence-corrected chi connectivity index (χ2v) is 4.62. The van der Waals surface area contributed by atoms with E-state index in [1.165, 1.54) is 16.7 Å². The first-order chi connectivity index (χ1) is 7.18. The zero-order chi connectivity index (χ0) is 10.9. The van der Waals surface area contributed by atoms with Crippen LogP contribution in [0.5, 0.6) is 0 Å². The van der Waals surface area contributed by atoms with Crippen molar-refractivity contribution < 1.29 is 4.74 Å². The van der Waals surface area contributed by atoms with Gasteiger partial charge in [-0.15, -0.1) is 0 Å². The first-order valence-corrected chi connectivity index (χ1v) is 5.48. The van der Waals surface area contributed by atoms with Gasteiger partial charge < -0.3 is 10.1 Å². The third-order valence-corrected chi connectivity index (χ3v) is 3.24. The molecule has 0 amide bonds. The lowest BCUT2D eigenvalue weighted by molar-refractivity contribution is -0.0585. The standard InChI is InChI=1S/C13H19NO/c1-10-4-5-11(2)12(6-10)13(7-14-3)8-15-9-13/h4-6,14H,7-9H2,1-3H3. The second kappa shape index (κ2) is 3.95. The fraction of sp³-hybridized carbons (Fsp3) is 0.538. The largest absolute Gasteiger partial charge is 0.379 e. The van der Waals surface area contributed by atoms with E-state index < -0.39 is 0 Å². The Labute approximate surface area is 91.6 Å². The number of benzene rings is 1. The van der Waals surface area contributed by atoms with Gasteiger partial charge in [-0.1, -0.05) is 23.8 Å². The second-order valence-electron chi connectivity index (χ2n) is 4.62. The van der Waals surface area contributed by atoms with Gasteiger partial charge in [0.25, 0.3) is 0 Å². The fourth-order valence-electron chi connectivity index (χ4n) is 2.35. The molecule has 0 aromatic heterocycles. The molecule has 0 unspecified atom stereocenters. The van der Waals surface area contributed by atoms with Crippen LogP contribution in [-0.2, 0) is 10.2 Å². The molecule has 1 aliphatic rings. The summed E-state index contributed by atoms with van der Waals surface area (Å²) in [6.07, 6.45) is 0. The predicted molar refractivity (Wildman–Crippen MR) is 62.3 cm³/mol. The van der Waals surface area contributed by atoms with E-state index in [1.54, 1.807) is 0 Å². The average Bonchev–Trinajstić information content (AvgIpc) is 2.16. The highest BCUT2D eigenvalue weighted by atomic mass is 16.5. The summed E-state index contributed by atoms with van der Waals surface area (Å²) in [5, 5.41) is 3.28. The Morgan fingerprint density at radius 2 is 2.07 bits per heavy atom. The van der Waals surface area contributed by atoms with Crippen molar-refractivity contribution >= 4 is 0 Å². The molecule has 2 nitrogen and oxygen atoms in total. The lowest BCUT2D eigenvalue weighted by Gasteiger charge is -2.43. The minimum absolute atomic E-state index is 0.213. The Kier molecular flexibility index (Phi) is 2.81. The molecule has 0 bridgehead atoms. The maximum atomic E-state index is 5.40. The molecule has 1 fully saturated rings. The molecule has 1 heterocycles. The van der Waals surface area contributed by atoms with E-state index in [0.29, 0.717) is 0 Å². The smallest absolute Gasteiger partial charge is 0.0598 e. The number of aryl methyl sites for hydroxylation is 2. The average molecular weight is 205 g/mol. The van der Waals surface area contributed by atoms with Crippen LogP contribution < -0.4 is 5.32 Å². The van der Waals surface area contributed by atoms with Crippen LogP contribution in [0.4, 0.5) is 0 Å².